The quantitative estimate of drug-likeness (QED) is 0.876. The van der Waals surface area contributed by atoms with Gasteiger partial charge in [0, 0.05) is 18.4 Å². The second-order valence-electron chi connectivity index (χ2n) is 5.86. The van der Waals surface area contributed by atoms with Gasteiger partial charge in [-0.3, -0.25) is 0 Å². The van der Waals surface area contributed by atoms with E-state index in [9.17, 15) is 5.21 Å². The smallest absolute Gasteiger partial charge is 0.190 e. The first kappa shape index (κ1) is 13.8. The zero-order valence-corrected chi connectivity index (χ0v) is 12.3. The third kappa shape index (κ3) is 2.11. The Kier molecular flexibility index (Phi) is 3.37. The molecular formula is C18H19NO3. The van der Waals surface area contributed by atoms with Crippen molar-refractivity contribution in [3.63, 3.8) is 0 Å². The Labute approximate surface area is 129 Å². The van der Waals surface area contributed by atoms with Crippen LogP contribution in [-0.2, 0) is 4.74 Å². The molecule has 1 saturated heterocycles. The molecule has 2 aliphatic heterocycles. The first-order valence-corrected chi connectivity index (χ1v) is 7.69. The summed E-state index contributed by atoms with van der Waals surface area (Å²) in [5, 5.41) is 12.4. The molecule has 4 rings (SSSR count). The van der Waals surface area contributed by atoms with Crippen LogP contribution in [0.25, 0.3) is 0 Å². The molecule has 114 valence electrons. The zero-order valence-electron chi connectivity index (χ0n) is 12.3. The minimum absolute atomic E-state index is 0.218. The molecule has 2 aromatic rings. The molecule has 22 heavy (non-hydrogen) atoms. The molecule has 4 heteroatoms. The average molecular weight is 297 g/mol. The topological polar surface area (TPSA) is 41.9 Å². The predicted octanol–water partition coefficient (Wildman–Crippen LogP) is 3.37. The molecule has 0 aliphatic carbocycles. The monoisotopic (exact) mass is 297 g/mol. The summed E-state index contributed by atoms with van der Waals surface area (Å²) in [5.74, 6) is 0.851. The summed E-state index contributed by atoms with van der Waals surface area (Å²) in [6.45, 7) is 1.20. The molecule has 1 N–H and O–H groups in total. The van der Waals surface area contributed by atoms with E-state index in [1.54, 1.807) is 0 Å². The van der Waals surface area contributed by atoms with E-state index in [0.29, 0.717) is 26.1 Å². The van der Waals surface area contributed by atoms with Crippen LogP contribution < -0.4 is 4.74 Å². The Morgan fingerprint density at radius 3 is 2.41 bits per heavy atom. The van der Waals surface area contributed by atoms with Crippen LogP contribution in [0.1, 0.15) is 30.0 Å². The van der Waals surface area contributed by atoms with Crippen molar-refractivity contribution in [3.8, 4) is 5.75 Å². The maximum Gasteiger partial charge on any atom is 0.190 e. The van der Waals surface area contributed by atoms with E-state index in [4.69, 9.17) is 9.47 Å². The number of para-hydroxylation sites is 1. The maximum absolute atomic E-state index is 11.0. The Balaban J connectivity index is 1.84. The molecule has 0 amide bonds. The van der Waals surface area contributed by atoms with Gasteiger partial charge in [-0.1, -0.05) is 48.5 Å². The highest BCUT2D eigenvalue weighted by atomic mass is 16.6. The first-order chi connectivity index (χ1) is 10.8. The van der Waals surface area contributed by atoms with Crippen LogP contribution in [0.2, 0.25) is 0 Å². The van der Waals surface area contributed by atoms with E-state index < -0.39 is 5.72 Å². The van der Waals surface area contributed by atoms with Crippen molar-refractivity contribution in [3.05, 3.63) is 65.7 Å². The number of benzene rings is 2. The number of nitrogens with zero attached hydrogens (tertiary/aromatic N) is 1. The van der Waals surface area contributed by atoms with Gasteiger partial charge in [0.2, 0.25) is 0 Å². The molecular weight excluding hydrogens is 278 g/mol. The SMILES string of the molecule is ON1C(c2ccccc2)c2ccccc2OC12CCOCC2. The fraction of sp³-hybridized carbons (Fsp3) is 0.333. The first-order valence-electron chi connectivity index (χ1n) is 7.69. The summed E-state index contributed by atoms with van der Waals surface area (Å²) in [5.41, 5.74) is 1.35. The lowest BCUT2D eigenvalue weighted by atomic mass is 9.91. The molecule has 1 atom stereocenters. The predicted molar refractivity (Wildman–Crippen MR) is 81.8 cm³/mol. The van der Waals surface area contributed by atoms with Gasteiger partial charge in [0.05, 0.1) is 19.3 Å². The van der Waals surface area contributed by atoms with Gasteiger partial charge in [-0.25, -0.2) is 0 Å². The van der Waals surface area contributed by atoms with E-state index >= 15 is 0 Å². The summed E-state index contributed by atoms with van der Waals surface area (Å²) >= 11 is 0. The minimum atomic E-state index is -0.701. The minimum Gasteiger partial charge on any atom is -0.470 e. The molecule has 0 radical (unpaired) electrons. The van der Waals surface area contributed by atoms with Crippen LogP contribution in [0, 0.1) is 0 Å². The Hall–Kier alpha value is -1.88. The Bertz CT molecular complexity index is 652. The van der Waals surface area contributed by atoms with Gasteiger partial charge in [0.1, 0.15) is 5.75 Å². The standard InChI is InChI=1S/C18H19NO3/c20-19-17(14-6-2-1-3-7-14)15-8-4-5-9-16(15)22-18(19)10-12-21-13-11-18/h1-9,17,20H,10-13H2. The van der Waals surface area contributed by atoms with Gasteiger partial charge in [-0.05, 0) is 11.6 Å². The lowest BCUT2D eigenvalue weighted by molar-refractivity contribution is -0.297. The summed E-state index contributed by atoms with van der Waals surface area (Å²) in [6, 6.07) is 17.8. The third-order valence-electron chi connectivity index (χ3n) is 4.57. The lowest BCUT2D eigenvalue weighted by Crippen LogP contribution is -2.58. The van der Waals surface area contributed by atoms with Crippen molar-refractivity contribution in [1.82, 2.24) is 5.06 Å². The largest absolute Gasteiger partial charge is 0.470 e. The maximum atomic E-state index is 11.0. The van der Waals surface area contributed by atoms with Crippen LogP contribution >= 0.6 is 0 Å². The molecule has 0 saturated carbocycles. The van der Waals surface area contributed by atoms with E-state index in [1.165, 1.54) is 5.06 Å². The van der Waals surface area contributed by atoms with Gasteiger partial charge in [0.25, 0.3) is 0 Å². The zero-order chi connectivity index (χ0) is 15.0. The van der Waals surface area contributed by atoms with Crippen LogP contribution in [0.5, 0.6) is 5.75 Å². The fourth-order valence-electron chi connectivity index (χ4n) is 3.40. The molecule has 4 nitrogen and oxygen atoms in total. The molecule has 0 bridgehead atoms. The third-order valence-corrected chi connectivity index (χ3v) is 4.57. The molecule has 2 heterocycles. The molecule has 1 unspecified atom stereocenters. The molecule has 1 spiro atoms. The van der Waals surface area contributed by atoms with Crippen LogP contribution in [0.4, 0.5) is 0 Å². The molecule has 1 fully saturated rings. The van der Waals surface area contributed by atoms with Crippen LogP contribution in [0.3, 0.4) is 0 Å². The van der Waals surface area contributed by atoms with E-state index in [0.717, 1.165) is 16.9 Å². The van der Waals surface area contributed by atoms with Crippen molar-refractivity contribution in [2.24, 2.45) is 0 Å². The fourth-order valence-corrected chi connectivity index (χ4v) is 3.40. The van der Waals surface area contributed by atoms with E-state index in [-0.39, 0.29) is 6.04 Å². The molecule has 2 aromatic carbocycles. The van der Waals surface area contributed by atoms with Gasteiger partial charge >= 0.3 is 0 Å². The lowest BCUT2D eigenvalue weighted by Gasteiger charge is -2.49. The summed E-state index contributed by atoms with van der Waals surface area (Å²) in [6.07, 6.45) is 1.31. The van der Waals surface area contributed by atoms with E-state index in [2.05, 4.69) is 0 Å². The van der Waals surface area contributed by atoms with Gasteiger partial charge < -0.3 is 14.7 Å². The van der Waals surface area contributed by atoms with Crippen LogP contribution in [0.15, 0.2) is 54.6 Å². The van der Waals surface area contributed by atoms with Gasteiger partial charge in [0.15, 0.2) is 5.72 Å². The van der Waals surface area contributed by atoms with Crippen molar-refractivity contribution in [2.75, 3.05) is 13.2 Å². The summed E-state index contributed by atoms with van der Waals surface area (Å²) in [4.78, 5) is 0. The highest BCUT2D eigenvalue weighted by Gasteiger charge is 2.48. The number of ether oxygens (including phenoxy) is 2. The van der Waals surface area contributed by atoms with Crippen molar-refractivity contribution in [1.29, 1.82) is 0 Å². The van der Waals surface area contributed by atoms with Crippen molar-refractivity contribution in [2.45, 2.75) is 24.6 Å². The van der Waals surface area contributed by atoms with Gasteiger partial charge in [-0.15, -0.1) is 5.06 Å². The number of hydrogen-bond donors (Lipinski definition) is 1. The summed E-state index contributed by atoms with van der Waals surface area (Å²) in [7, 11) is 0. The Morgan fingerprint density at radius 2 is 1.64 bits per heavy atom. The second-order valence-corrected chi connectivity index (χ2v) is 5.86. The Morgan fingerprint density at radius 1 is 0.955 bits per heavy atom. The average Bonchev–Trinajstić information content (AvgIpc) is 2.58. The van der Waals surface area contributed by atoms with Crippen molar-refractivity contribution >= 4 is 0 Å². The van der Waals surface area contributed by atoms with Crippen molar-refractivity contribution < 1.29 is 14.7 Å². The highest BCUT2D eigenvalue weighted by Crippen LogP contribution is 2.46. The van der Waals surface area contributed by atoms with Crippen LogP contribution in [-0.4, -0.2) is 29.2 Å². The number of hydroxylamine groups is 2. The van der Waals surface area contributed by atoms with E-state index in [1.807, 2.05) is 54.6 Å². The highest BCUT2D eigenvalue weighted by molar-refractivity contribution is 5.43. The molecule has 2 aliphatic rings. The summed E-state index contributed by atoms with van der Waals surface area (Å²) < 4.78 is 11.7. The normalized spacial score (nSPS) is 23.8. The number of hydrogen-bond acceptors (Lipinski definition) is 4. The number of rotatable bonds is 1. The molecule has 0 aromatic heterocycles. The number of fused-ring (bicyclic) bond motifs is 1. The van der Waals surface area contributed by atoms with Gasteiger partial charge in [-0.2, -0.15) is 0 Å². The second kappa shape index (κ2) is 5.39.